The molecule has 1 aliphatic heterocycles. The summed E-state index contributed by atoms with van der Waals surface area (Å²) in [4.78, 5) is 26.0. The van der Waals surface area contributed by atoms with Gasteiger partial charge in [0.2, 0.25) is 10.0 Å². The van der Waals surface area contributed by atoms with E-state index in [9.17, 15) is 31.2 Å². The first-order valence-corrected chi connectivity index (χ1v) is 13.7. The number of nitrogens with zero attached hydrogens (tertiary/aromatic N) is 2. The molecule has 0 radical (unpaired) electrons. The van der Waals surface area contributed by atoms with Crippen LogP contribution in [0.25, 0.3) is 0 Å². The highest BCUT2D eigenvalue weighted by molar-refractivity contribution is 7.89. The molecule has 3 rings (SSSR count). The van der Waals surface area contributed by atoms with Crippen molar-refractivity contribution >= 4 is 33.6 Å². The van der Waals surface area contributed by atoms with E-state index in [2.05, 4.69) is 10.1 Å². The Balaban J connectivity index is 1.92. The van der Waals surface area contributed by atoms with Gasteiger partial charge in [-0.15, -0.1) is 13.2 Å². The highest BCUT2D eigenvalue weighted by atomic mass is 35.5. The van der Waals surface area contributed by atoms with Gasteiger partial charge in [0.25, 0.3) is 5.91 Å². The van der Waals surface area contributed by atoms with Crippen molar-refractivity contribution in [3.63, 3.8) is 0 Å². The largest absolute Gasteiger partial charge is 0.573 e. The van der Waals surface area contributed by atoms with E-state index in [0.29, 0.717) is 34.3 Å². The number of piperidine rings is 1. The fourth-order valence-corrected chi connectivity index (χ4v) is 5.40. The van der Waals surface area contributed by atoms with Gasteiger partial charge in [0.15, 0.2) is 0 Å². The van der Waals surface area contributed by atoms with Crippen LogP contribution in [-0.4, -0.2) is 66.0 Å². The monoisotopic (exact) mass is 577 g/mol. The molecule has 38 heavy (non-hydrogen) atoms. The van der Waals surface area contributed by atoms with Gasteiger partial charge in [-0.1, -0.05) is 29.8 Å². The Morgan fingerprint density at radius 3 is 2.61 bits per heavy atom. The minimum Gasteiger partial charge on any atom is -0.465 e. The number of likely N-dealkylation sites (tertiary alicyclic amines) is 1. The zero-order chi connectivity index (χ0) is 28.1. The van der Waals surface area contributed by atoms with Crippen molar-refractivity contribution in [1.29, 1.82) is 0 Å². The molecule has 0 saturated carbocycles. The highest BCUT2D eigenvalue weighted by Gasteiger charge is 2.34. The Morgan fingerprint density at radius 2 is 1.97 bits per heavy atom. The maximum atomic E-state index is 13.3. The van der Waals surface area contributed by atoms with Crippen molar-refractivity contribution in [2.24, 2.45) is 0 Å². The summed E-state index contributed by atoms with van der Waals surface area (Å²) in [5.41, 5.74) is 0.214. The number of nitrogens with one attached hydrogen (secondary N) is 1. The Bertz CT molecular complexity index is 1280. The fourth-order valence-electron chi connectivity index (χ4n) is 4.17. The van der Waals surface area contributed by atoms with Crippen LogP contribution < -0.4 is 10.1 Å². The molecule has 0 spiro atoms. The van der Waals surface area contributed by atoms with E-state index >= 15 is 0 Å². The summed E-state index contributed by atoms with van der Waals surface area (Å²) in [6, 6.07) is 9.23. The molecule has 0 aliphatic carbocycles. The topological polar surface area (TPSA) is 116 Å². The Labute approximate surface area is 223 Å². The average molecular weight is 578 g/mol. The number of hydrogen-bond acceptors (Lipinski definition) is 6. The van der Waals surface area contributed by atoms with Crippen molar-refractivity contribution in [3.05, 3.63) is 64.2 Å². The number of carbonyl (C=O) groups excluding carboxylic acids is 1. The summed E-state index contributed by atoms with van der Waals surface area (Å²) >= 11 is 5.97. The van der Waals surface area contributed by atoms with E-state index in [-0.39, 0.29) is 36.8 Å². The van der Waals surface area contributed by atoms with Gasteiger partial charge in [0.1, 0.15) is 5.75 Å². The van der Waals surface area contributed by atoms with E-state index in [1.807, 2.05) is 0 Å². The van der Waals surface area contributed by atoms with E-state index in [4.69, 9.17) is 16.7 Å². The average Bonchev–Trinajstić information content (AvgIpc) is 2.82. The van der Waals surface area contributed by atoms with E-state index in [0.717, 1.165) is 6.07 Å². The summed E-state index contributed by atoms with van der Waals surface area (Å²) < 4.78 is 70.1. The van der Waals surface area contributed by atoms with Crippen molar-refractivity contribution in [1.82, 2.24) is 14.5 Å². The molecule has 208 valence electrons. The zero-order valence-corrected chi connectivity index (χ0v) is 21.9. The molecule has 0 aromatic heterocycles. The summed E-state index contributed by atoms with van der Waals surface area (Å²) in [7, 11) is -4.10. The van der Waals surface area contributed by atoms with E-state index in [1.165, 1.54) is 25.1 Å². The SMILES string of the molecule is CCS(=O)(=O)N(Cc1cccc(Cl)c1)C(=O)c1ccc(CN2CCCC(NC(=O)O)C2)c(OC(F)(F)F)c1. The smallest absolute Gasteiger partial charge is 0.465 e. The van der Waals surface area contributed by atoms with Crippen molar-refractivity contribution in [2.75, 3.05) is 18.8 Å². The van der Waals surface area contributed by atoms with Crippen molar-refractivity contribution in [3.8, 4) is 5.75 Å². The molecule has 0 bridgehead atoms. The maximum absolute atomic E-state index is 13.3. The van der Waals surface area contributed by atoms with Gasteiger partial charge >= 0.3 is 12.5 Å². The predicted octanol–water partition coefficient (Wildman–Crippen LogP) is 4.46. The quantitative estimate of drug-likeness (QED) is 0.452. The van der Waals surface area contributed by atoms with Crippen molar-refractivity contribution in [2.45, 2.75) is 45.3 Å². The van der Waals surface area contributed by atoms with E-state index in [1.54, 1.807) is 23.1 Å². The zero-order valence-electron chi connectivity index (χ0n) is 20.4. The molecule has 1 aliphatic rings. The molecular formula is C24H27ClF3N3O6S. The summed E-state index contributed by atoms with van der Waals surface area (Å²) in [5.74, 6) is -2.08. The number of sulfonamides is 1. The molecule has 2 N–H and O–H groups in total. The van der Waals surface area contributed by atoms with Crippen LogP contribution in [0.5, 0.6) is 5.75 Å². The maximum Gasteiger partial charge on any atom is 0.573 e. The molecule has 2 amide bonds. The minimum atomic E-state index is -5.07. The number of alkyl halides is 3. The molecular weight excluding hydrogens is 551 g/mol. The standard InChI is InChI=1S/C24H27ClF3N3O6S/c1-2-38(35,36)31(13-16-5-3-6-19(25)11-16)22(32)17-8-9-18(21(12-17)37-24(26,27)28)14-30-10-4-7-20(15-30)29-23(33)34/h3,5-6,8-9,11-12,20,29H,2,4,7,10,13-15H2,1H3,(H,33,34). The van der Waals surface area contributed by atoms with Crippen LogP contribution in [0.3, 0.4) is 0 Å². The Hall–Kier alpha value is -3.03. The molecule has 14 heteroatoms. The minimum absolute atomic E-state index is 0.00281. The molecule has 1 atom stereocenters. The molecule has 1 unspecified atom stereocenters. The molecule has 1 fully saturated rings. The number of hydrogen-bond donors (Lipinski definition) is 2. The normalized spacial score (nSPS) is 16.6. The van der Waals surface area contributed by atoms with Gasteiger partial charge in [-0.05, 0) is 56.1 Å². The lowest BCUT2D eigenvalue weighted by molar-refractivity contribution is -0.275. The lowest BCUT2D eigenvalue weighted by Crippen LogP contribution is -2.47. The van der Waals surface area contributed by atoms with Gasteiger partial charge in [-0.25, -0.2) is 17.5 Å². The lowest BCUT2D eigenvalue weighted by Gasteiger charge is -2.33. The van der Waals surface area contributed by atoms with Gasteiger partial charge < -0.3 is 15.2 Å². The number of benzene rings is 2. The fraction of sp³-hybridized carbons (Fsp3) is 0.417. The van der Waals surface area contributed by atoms with Gasteiger partial charge in [0, 0.05) is 35.3 Å². The second-order valence-corrected chi connectivity index (χ2v) is 11.4. The lowest BCUT2D eigenvalue weighted by atomic mass is 10.0. The summed E-state index contributed by atoms with van der Waals surface area (Å²) in [6.45, 7) is 1.78. The van der Waals surface area contributed by atoms with Crippen LogP contribution in [0.15, 0.2) is 42.5 Å². The van der Waals surface area contributed by atoms with Crippen LogP contribution in [0.2, 0.25) is 5.02 Å². The number of ether oxygens (including phenoxy) is 1. The Morgan fingerprint density at radius 1 is 1.24 bits per heavy atom. The highest BCUT2D eigenvalue weighted by Crippen LogP contribution is 2.30. The Kier molecular flexibility index (Phi) is 9.49. The first-order chi connectivity index (χ1) is 17.8. The van der Waals surface area contributed by atoms with Crippen LogP contribution in [-0.2, 0) is 23.1 Å². The first-order valence-electron chi connectivity index (χ1n) is 11.7. The molecule has 1 saturated heterocycles. The second kappa shape index (κ2) is 12.2. The number of carbonyl (C=O) groups is 2. The van der Waals surface area contributed by atoms with Crippen LogP contribution in [0, 0.1) is 0 Å². The first kappa shape index (κ1) is 29.5. The van der Waals surface area contributed by atoms with Crippen molar-refractivity contribution < 1.29 is 41.0 Å². The number of amides is 2. The van der Waals surface area contributed by atoms with Gasteiger partial charge in [-0.2, -0.15) is 0 Å². The van der Waals surface area contributed by atoms with E-state index < -0.39 is 39.9 Å². The number of carboxylic acid groups (broad SMARTS) is 1. The third-order valence-electron chi connectivity index (χ3n) is 5.91. The number of rotatable bonds is 9. The second-order valence-electron chi connectivity index (χ2n) is 8.74. The molecule has 1 heterocycles. The van der Waals surface area contributed by atoms with Gasteiger partial charge in [0.05, 0.1) is 12.3 Å². The van der Waals surface area contributed by atoms with Crippen LogP contribution in [0.1, 0.15) is 41.3 Å². The number of halogens is 4. The summed E-state index contributed by atoms with van der Waals surface area (Å²) in [5, 5.41) is 11.7. The third kappa shape index (κ3) is 8.23. The third-order valence-corrected chi connectivity index (χ3v) is 7.84. The predicted molar refractivity (Wildman–Crippen MR) is 133 cm³/mol. The molecule has 9 nitrogen and oxygen atoms in total. The summed E-state index contributed by atoms with van der Waals surface area (Å²) in [6.07, 6.45) is -5.03. The van der Waals surface area contributed by atoms with Gasteiger partial charge in [-0.3, -0.25) is 9.69 Å². The van der Waals surface area contributed by atoms with Crippen LogP contribution in [0.4, 0.5) is 18.0 Å². The van der Waals surface area contributed by atoms with Crippen LogP contribution >= 0.6 is 11.6 Å². The molecule has 2 aromatic rings. The molecule has 2 aromatic carbocycles.